The third kappa shape index (κ3) is 4.90. The summed E-state index contributed by atoms with van der Waals surface area (Å²) in [5.41, 5.74) is 10.7. The molecule has 0 spiro atoms. The van der Waals surface area contributed by atoms with Crippen molar-refractivity contribution in [3.8, 4) is 0 Å². The summed E-state index contributed by atoms with van der Waals surface area (Å²) in [4.78, 5) is 14.8. The number of H-pyrrole nitrogens is 1. The van der Waals surface area contributed by atoms with E-state index < -0.39 is 0 Å². The molecule has 3 aromatic rings. The Kier molecular flexibility index (Phi) is 7.31. The Balaban J connectivity index is 1.46. The highest BCUT2D eigenvalue weighted by atomic mass is 35.5. The van der Waals surface area contributed by atoms with Crippen LogP contribution < -0.4 is 11.3 Å². The van der Waals surface area contributed by atoms with E-state index in [0.29, 0.717) is 22.2 Å². The molecule has 0 bridgehead atoms. The number of nitrogens with two attached hydrogens (primary N) is 1. The predicted octanol–water partition coefficient (Wildman–Crippen LogP) is 7.10. The zero-order valence-electron chi connectivity index (χ0n) is 20.2. The number of halogens is 1. The summed E-state index contributed by atoms with van der Waals surface area (Å²) in [7, 11) is 0. The number of benzene rings is 2. The number of hydrogen-bond acceptors (Lipinski definition) is 2. The van der Waals surface area contributed by atoms with Gasteiger partial charge in [0.15, 0.2) is 0 Å². The number of nitrogens with one attached hydrogen (secondary N) is 1. The smallest absolute Gasteiger partial charge is 0.255 e. The molecule has 1 aliphatic carbocycles. The Morgan fingerprint density at radius 3 is 2.45 bits per heavy atom. The molecule has 1 saturated carbocycles. The predicted molar refractivity (Wildman–Crippen MR) is 140 cm³/mol. The summed E-state index contributed by atoms with van der Waals surface area (Å²) in [5, 5.41) is 2.31. The number of pyridine rings is 1. The lowest BCUT2D eigenvalue weighted by atomic mass is 9.61. The van der Waals surface area contributed by atoms with Gasteiger partial charge in [-0.05, 0) is 97.1 Å². The van der Waals surface area contributed by atoms with Crippen LogP contribution in [0.1, 0.15) is 81.9 Å². The van der Waals surface area contributed by atoms with Crippen LogP contribution >= 0.6 is 11.6 Å². The van der Waals surface area contributed by atoms with Crippen LogP contribution in [0, 0.1) is 5.92 Å². The monoisotopic (exact) mass is 464 g/mol. The highest BCUT2D eigenvalue weighted by molar-refractivity contribution is 6.32. The van der Waals surface area contributed by atoms with Gasteiger partial charge in [-0.15, -0.1) is 0 Å². The molecule has 4 heteroatoms. The van der Waals surface area contributed by atoms with Crippen LogP contribution in [0.3, 0.4) is 0 Å². The summed E-state index contributed by atoms with van der Waals surface area (Å²) >= 11 is 6.54. The first kappa shape index (κ1) is 24.0. The normalized spacial score (nSPS) is 22.1. The number of aromatic amines is 1. The Morgan fingerprint density at radius 2 is 1.82 bits per heavy atom. The van der Waals surface area contributed by atoms with Gasteiger partial charge in [-0.3, -0.25) is 4.79 Å². The molecular weight excluding hydrogens is 428 g/mol. The Labute approximate surface area is 202 Å². The Bertz CT molecular complexity index is 1140. The lowest BCUT2D eigenvalue weighted by molar-refractivity contribution is 0.187. The number of aryl methyl sites for hydroxylation is 1. The van der Waals surface area contributed by atoms with Gasteiger partial charge in [-0.1, -0.05) is 56.6 Å². The van der Waals surface area contributed by atoms with Crippen molar-refractivity contribution < 1.29 is 0 Å². The summed E-state index contributed by atoms with van der Waals surface area (Å²) in [6, 6.07) is 15.3. The van der Waals surface area contributed by atoms with Crippen molar-refractivity contribution in [1.82, 2.24) is 4.98 Å². The average molecular weight is 465 g/mol. The molecule has 0 saturated heterocycles. The topological polar surface area (TPSA) is 58.9 Å². The molecular formula is C29H37ClN2O. The standard InChI is InChI=1S/C29H37ClN2O/c1-4-27(31)29(24-9-7-21(8-10-24)19(2)3)14-11-20(12-15-29)5-6-23-17-22-13-16-32-28(33)25(22)18-26(23)30/h7-10,13,16-20,27H,4-6,11-12,14-15,31H2,1-3H3,(H,32,33). The van der Waals surface area contributed by atoms with Crippen molar-refractivity contribution in [3.05, 3.63) is 80.7 Å². The Morgan fingerprint density at radius 1 is 1.12 bits per heavy atom. The van der Waals surface area contributed by atoms with Crippen molar-refractivity contribution in [3.63, 3.8) is 0 Å². The molecule has 176 valence electrons. The van der Waals surface area contributed by atoms with Crippen LogP contribution in [-0.2, 0) is 11.8 Å². The van der Waals surface area contributed by atoms with Crippen LogP contribution in [0.5, 0.6) is 0 Å². The van der Waals surface area contributed by atoms with Gasteiger partial charge in [0.05, 0.1) is 0 Å². The van der Waals surface area contributed by atoms with Gasteiger partial charge in [0, 0.05) is 28.1 Å². The largest absolute Gasteiger partial charge is 0.329 e. The van der Waals surface area contributed by atoms with Crippen molar-refractivity contribution in [2.45, 2.75) is 83.1 Å². The fraction of sp³-hybridized carbons (Fsp3) is 0.483. The van der Waals surface area contributed by atoms with Crippen molar-refractivity contribution in [2.75, 3.05) is 0 Å². The minimum Gasteiger partial charge on any atom is -0.329 e. The highest BCUT2D eigenvalue weighted by Gasteiger charge is 2.40. The summed E-state index contributed by atoms with van der Waals surface area (Å²) in [6.07, 6.45) is 9.47. The van der Waals surface area contributed by atoms with Gasteiger partial charge in [-0.25, -0.2) is 0 Å². The first-order valence-electron chi connectivity index (χ1n) is 12.5. The van der Waals surface area contributed by atoms with Gasteiger partial charge < -0.3 is 10.7 Å². The van der Waals surface area contributed by atoms with E-state index in [1.165, 1.54) is 24.0 Å². The molecule has 1 aliphatic rings. The van der Waals surface area contributed by atoms with E-state index >= 15 is 0 Å². The van der Waals surface area contributed by atoms with E-state index in [2.05, 4.69) is 56.1 Å². The molecule has 1 heterocycles. The van der Waals surface area contributed by atoms with Gasteiger partial charge in [0.25, 0.3) is 5.56 Å². The molecule has 1 unspecified atom stereocenters. The molecule has 4 rings (SSSR count). The average Bonchev–Trinajstić information content (AvgIpc) is 2.83. The molecule has 1 atom stereocenters. The van der Waals surface area contributed by atoms with Crippen molar-refractivity contribution in [2.24, 2.45) is 11.7 Å². The first-order chi connectivity index (χ1) is 15.8. The van der Waals surface area contributed by atoms with Crippen molar-refractivity contribution >= 4 is 22.4 Å². The van der Waals surface area contributed by atoms with E-state index in [1.807, 2.05) is 12.1 Å². The first-order valence-corrected chi connectivity index (χ1v) is 12.9. The van der Waals surface area contributed by atoms with E-state index in [4.69, 9.17) is 17.3 Å². The molecule has 3 N–H and O–H groups in total. The third-order valence-corrected chi connectivity index (χ3v) is 8.41. The van der Waals surface area contributed by atoms with Gasteiger partial charge >= 0.3 is 0 Å². The molecule has 0 aliphatic heterocycles. The zero-order chi connectivity index (χ0) is 23.6. The minimum absolute atomic E-state index is 0.0849. The van der Waals surface area contributed by atoms with Gasteiger partial charge in [0.1, 0.15) is 0 Å². The number of rotatable bonds is 7. The summed E-state index contributed by atoms with van der Waals surface area (Å²) in [6.45, 7) is 6.70. The van der Waals surface area contributed by atoms with Crippen molar-refractivity contribution in [1.29, 1.82) is 0 Å². The highest BCUT2D eigenvalue weighted by Crippen LogP contribution is 2.45. The van der Waals surface area contributed by atoms with Crippen LogP contribution in [0.25, 0.3) is 10.8 Å². The fourth-order valence-corrected chi connectivity index (χ4v) is 6.01. The number of aromatic nitrogens is 1. The maximum absolute atomic E-state index is 12.0. The summed E-state index contributed by atoms with van der Waals surface area (Å²) < 4.78 is 0. The van der Waals surface area contributed by atoms with Gasteiger partial charge in [-0.2, -0.15) is 0 Å². The molecule has 0 amide bonds. The number of fused-ring (bicyclic) bond motifs is 1. The number of hydrogen-bond donors (Lipinski definition) is 2. The van der Waals surface area contributed by atoms with Crippen LogP contribution in [0.2, 0.25) is 5.02 Å². The van der Waals surface area contributed by atoms with Crippen LogP contribution in [0.4, 0.5) is 0 Å². The quantitative estimate of drug-likeness (QED) is 0.391. The molecule has 1 fully saturated rings. The summed E-state index contributed by atoms with van der Waals surface area (Å²) in [5.74, 6) is 1.23. The van der Waals surface area contributed by atoms with Crippen LogP contribution in [-0.4, -0.2) is 11.0 Å². The van der Waals surface area contributed by atoms with E-state index in [0.717, 1.165) is 43.1 Å². The molecule has 0 radical (unpaired) electrons. The minimum atomic E-state index is -0.0849. The SMILES string of the molecule is CCC(N)C1(c2ccc(C(C)C)cc2)CCC(CCc2cc3cc[nH]c(=O)c3cc2Cl)CC1. The second-order valence-corrected chi connectivity index (χ2v) is 10.7. The maximum Gasteiger partial charge on any atom is 0.255 e. The molecule has 3 nitrogen and oxygen atoms in total. The Hall–Kier alpha value is -2.10. The second-order valence-electron chi connectivity index (χ2n) is 10.3. The molecule has 1 aromatic heterocycles. The van der Waals surface area contributed by atoms with E-state index in [9.17, 15) is 4.79 Å². The van der Waals surface area contributed by atoms with E-state index in [-0.39, 0.29) is 17.0 Å². The van der Waals surface area contributed by atoms with Gasteiger partial charge in [0.2, 0.25) is 0 Å². The fourth-order valence-electron chi connectivity index (χ4n) is 5.75. The molecule has 33 heavy (non-hydrogen) atoms. The molecule has 2 aromatic carbocycles. The van der Waals surface area contributed by atoms with Crippen LogP contribution in [0.15, 0.2) is 53.5 Å². The second kappa shape index (κ2) is 10.0. The lowest BCUT2D eigenvalue weighted by Crippen LogP contribution is -2.47. The maximum atomic E-state index is 12.0. The zero-order valence-corrected chi connectivity index (χ0v) is 20.9. The lowest BCUT2D eigenvalue weighted by Gasteiger charge is -2.45. The third-order valence-electron chi connectivity index (χ3n) is 8.06. The van der Waals surface area contributed by atoms with E-state index in [1.54, 1.807) is 6.20 Å².